The van der Waals surface area contributed by atoms with Crippen LogP contribution < -0.4 is 9.47 Å². The number of benzene rings is 2. The van der Waals surface area contributed by atoms with Gasteiger partial charge in [0.1, 0.15) is 6.10 Å². The van der Waals surface area contributed by atoms with Crippen LogP contribution in [0.4, 0.5) is 0 Å². The van der Waals surface area contributed by atoms with Crippen molar-refractivity contribution in [1.29, 1.82) is 0 Å². The van der Waals surface area contributed by atoms with E-state index in [1.165, 1.54) is 0 Å². The molecule has 1 fully saturated rings. The molecule has 1 atom stereocenters. The SMILES string of the molecule is COc1ccc(C(=O)N2CCO[C@@H](c3cc4ccccc4cn3)C2)cc1OC. The summed E-state index contributed by atoms with van der Waals surface area (Å²) in [6, 6.07) is 15.3. The van der Waals surface area contributed by atoms with Gasteiger partial charge in [-0.25, -0.2) is 0 Å². The fourth-order valence-corrected chi connectivity index (χ4v) is 3.44. The smallest absolute Gasteiger partial charge is 0.254 e. The van der Waals surface area contributed by atoms with E-state index in [1.807, 2.05) is 30.5 Å². The first-order valence-corrected chi connectivity index (χ1v) is 9.17. The van der Waals surface area contributed by atoms with Gasteiger partial charge in [0.2, 0.25) is 0 Å². The number of methoxy groups -OCH3 is 2. The van der Waals surface area contributed by atoms with E-state index in [2.05, 4.69) is 11.1 Å². The number of fused-ring (bicyclic) bond motifs is 1. The van der Waals surface area contributed by atoms with E-state index in [1.54, 1.807) is 37.3 Å². The van der Waals surface area contributed by atoms with Crippen LogP contribution in [0.2, 0.25) is 0 Å². The molecule has 1 aromatic heterocycles. The van der Waals surface area contributed by atoms with Crippen LogP contribution in [0.3, 0.4) is 0 Å². The number of aromatic nitrogens is 1. The van der Waals surface area contributed by atoms with Gasteiger partial charge in [0.25, 0.3) is 5.91 Å². The third-order valence-corrected chi connectivity index (χ3v) is 4.97. The van der Waals surface area contributed by atoms with Gasteiger partial charge in [-0.3, -0.25) is 9.78 Å². The summed E-state index contributed by atoms with van der Waals surface area (Å²) in [4.78, 5) is 19.4. The molecule has 6 heteroatoms. The number of rotatable bonds is 4. The van der Waals surface area contributed by atoms with Gasteiger partial charge in [0, 0.05) is 23.7 Å². The van der Waals surface area contributed by atoms with E-state index in [9.17, 15) is 4.79 Å². The monoisotopic (exact) mass is 378 g/mol. The minimum absolute atomic E-state index is 0.0601. The van der Waals surface area contributed by atoms with Gasteiger partial charge in [-0.05, 0) is 29.7 Å². The molecule has 4 rings (SSSR count). The molecular weight excluding hydrogens is 356 g/mol. The normalized spacial score (nSPS) is 16.8. The van der Waals surface area contributed by atoms with Crippen LogP contribution in [0.15, 0.2) is 54.7 Å². The summed E-state index contributed by atoms with van der Waals surface area (Å²) in [5.74, 6) is 1.07. The van der Waals surface area contributed by atoms with E-state index in [-0.39, 0.29) is 12.0 Å². The lowest BCUT2D eigenvalue weighted by molar-refractivity contribution is -0.0246. The first-order chi connectivity index (χ1) is 13.7. The van der Waals surface area contributed by atoms with Gasteiger partial charge < -0.3 is 19.1 Å². The Morgan fingerprint density at radius 3 is 2.64 bits per heavy atom. The highest BCUT2D eigenvalue weighted by Crippen LogP contribution is 2.29. The van der Waals surface area contributed by atoms with Crippen molar-refractivity contribution in [1.82, 2.24) is 9.88 Å². The first-order valence-electron chi connectivity index (χ1n) is 9.17. The number of carbonyl (C=O) groups is 1. The third kappa shape index (κ3) is 3.51. The summed E-state index contributed by atoms with van der Waals surface area (Å²) >= 11 is 0. The maximum Gasteiger partial charge on any atom is 0.254 e. The number of hydrogen-bond donors (Lipinski definition) is 0. The van der Waals surface area contributed by atoms with Gasteiger partial charge in [0.15, 0.2) is 11.5 Å². The fourth-order valence-electron chi connectivity index (χ4n) is 3.44. The minimum atomic E-state index is -0.248. The predicted octanol–water partition coefficient (Wildman–Crippen LogP) is 3.47. The Bertz CT molecular complexity index is 1000. The zero-order valence-electron chi connectivity index (χ0n) is 15.9. The molecule has 0 aliphatic carbocycles. The van der Waals surface area contributed by atoms with Gasteiger partial charge in [-0.15, -0.1) is 0 Å². The van der Waals surface area contributed by atoms with Crippen molar-refractivity contribution < 1.29 is 19.0 Å². The van der Waals surface area contributed by atoms with Gasteiger partial charge in [0.05, 0.1) is 33.1 Å². The second-order valence-electron chi connectivity index (χ2n) is 6.64. The lowest BCUT2D eigenvalue weighted by atomic mass is 10.1. The van der Waals surface area contributed by atoms with Crippen molar-refractivity contribution in [2.75, 3.05) is 33.9 Å². The number of amides is 1. The summed E-state index contributed by atoms with van der Waals surface area (Å²) < 4.78 is 16.5. The summed E-state index contributed by atoms with van der Waals surface area (Å²) in [7, 11) is 3.13. The summed E-state index contributed by atoms with van der Waals surface area (Å²) in [6.07, 6.45) is 1.60. The van der Waals surface area contributed by atoms with Crippen LogP contribution >= 0.6 is 0 Å². The van der Waals surface area contributed by atoms with Gasteiger partial charge >= 0.3 is 0 Å². The van der Waals surface area contributed by atoms with Crippen molar-refractivity contribution in [2.24, 2.45) is 0 Å². The molecule has 0 unspecified atom stereocenters. The van der Waals surface area contributed by atoms with Crippen LogP contribution in [-0.2, 0) is 4.74 Å². The predicted molar refractivity (Wildman–Crippen MR) is 106 cm³/mol. The Hall–Kier alpha value is -3.12. The lowest BCUT2D eigenvalue weighted by Gasteiger charge is -2.33. The van der Waals surface area contributed by atoms with E-state index in [0.29, 0.717) is 36.8 Å². The van der Waals surface area contributed by atoms with Gasteiger partial charge in [-0.1, -0.05) is 24.3 Å². The molecule has 2 heterocycles. The van der Waals surface area contributed by atoms with E-state index in [4.69, 9.17) is 14.2 Å². The van der Waals surface area contributed by atoms with Crippen LogP contribution in [-0.4, -0.2) is 49.7 Å². The highest BCUT2D eigenvalue weighted by atomic mass is 16.5. The molecule has 2 aromatic carbocycles. The van der Waals surface area contributed by atoms with Crippen molar-refractivity contribution in [3.05, 3.63) is 66.0 Å². The minimum Gasteiger partial charge on any atom is -0.493 e. The van der Waals surface area contributed by atoms with Crippen molar-refractivity contribution in [2.45, 2.75) is 6.10 Å². The van der Waals surface area contributed by atoms with Crippen molar-refractivity contribution >= 4 is 16.7 Å². The standard InChI is InChI=1S/C22H22N2O4/c1-26-19-8-7-16(12-20(19)27-2)22(25)24-9-10-28-21(14-24)18-11-15-5-3-4-6-17(15)13-23-18/h3-8,11-13,21H,9-10,14H2,1-2H3/t21-/m1/s1. The molecule has 6 nitrogen and oxygen atoms in total. The molecule has 0 bridgehead atoms. The first kappa shape index (κ1) is 18.3. The molecule has 1 aliphatic heterocycles. The van der Waals surface area contributed by atoms with Crippen molar-refractivity contribution in [3.8, 4) is 11.5 Å². The van der Waals surface area contributed by atoms with Crippen LogP contribution in [0, 0.1) is 0 Å². The maximum atomic E-state index is 13.0. The molecule has 0 N–H and O–H groups in total. The quantitative estimate of drug-likeness (QED) is 0.696. The highest BCUT2D eigenvalue weighted by Gasteiger charge is 2.27. The summed E-state index contributed by atoms with van der Waals surface area (Å²) in [5.41, 5.74) is 1.40. The Morgan fingerprint density at radius 1 is 1.07 bits per heavy atom. The van der Waals surface area contributed by atoms with E-state index >= 15 is 0 Å². The Balaban J connectivity index is 1.55. The number of morpholine rings is 1. The third-order valence-electron chi connectivity index (χ3n) is 4.97. The number of nitrogens with zero attached hydrogens (tertiary/aromatic N) is 2. The Morgan fingerprint density at radius 2 is 1.86 bits per heavy atom. The molecule has 3 aromatic rings. The van der Waals surface area contributed by atoms with Crippen LogP contribution in [0.25, 0.3) is 10.8 Å². The second kappa shape index (κ2) is 7.86. The molecular formula is C22H22N2O4. The largest absolute Gasteiger partial charge is 0.493 e. The summed E-state index contributed by atoms with van der Waals surface area (Å²) in [5, 5.41) is 2.19. The lowest BCUT2D eigenvalue weighted by Crippen LogP contribution is -2.42. The topological polar surface area (TPSA) is 60.9 Å². The zero-order chi connectivity index (χ0) is 19.5. The van der Waals surface area contributed by atoms with E-state index in [0.717, 1.165) is 16.5 Å². The van der Waals surface area contributed by atoms with Gasteiger partial charge in [-0.2, -0.15) is 0 Å². The second-order valence-corrected chi connectivity index (χ2v) is 6.64. The highest BCUT2D eigenvalue weighted by molar-refractivity contribution is 5.95. The molecule has 0 saturated carbocycles. The maximum absolute atomic E-state index is 13.0. The van der Waals surface area contributed by atoms with Crippen LogP contribution in [0.1, 0.15) is 22.2 Å². The Labute approximate surface area is 163 Å². The van der Waals surface area contributed by atoms with Crippen LogP contribution in [0.5, 0.6) is 11.5 Å². The number of ether oxygens (including phenoxy) is 3. The average molecular weight is 378 g/mol. The summed E-state index contributed by atoms with van der Waals surface area (Å²) in [6.45, 7) is 1.47. The Kier molecular flexibility index (Phi) is 5.12. The van der Waals surface area contributed by atoms with E-state index < -0.39 is 0 Å². The number of carbonyl (C=O) groups excluding carboxylic acids is 1. The zero-order valence-corrected chi connectivity index (χ0v) is 15.9. The molecule has 1 saturated heterocycles. The molecule has 0 spiro atoms. The molecule has 0 radical (unpaired) electrons. The van der Waals surface area contributed by atoms with Crippen molar-refractivity contribution in [3.63, 3.8) is 0 Å². The number of hydrogen-bond acceptors (Lipinski definition) is 5. The molecule has 1 aliphatic rings. The number of pyridine rings is 1. The molecule has 28 heavy (non-hydrogen) atoms. The molecule has 1 amide bonds. The molecule has 144 valence electrons. The average Bonchev–Trinajstić information content (AvgIpc) is 2.77. The fraction of sp³-hybridized carbons (Fsp3) is 0.273.